The molecule has 0 saturated heterocycles. The first-order chi connectivity index (χ1) is 15.0. The molecule has 3 saturated carbocycles. The zero-order valence-corrected chi connectivity index (χ0v) is 18.6. The molecular weight excluding hydrogens is 396 g/mol. The zero-order chi connectivity index (χ0) is 21.8. The number of carboxylic acids is 1. The lowest BCUT2D eigenvalue weighted by molar-refractivity contribution is -0.142. The van der Waals surface area contributed by atoms with E-state index >= 15 is 0 Å². The molecule has 8 heteroatoms. The van der Waals surface area contributed by atoms with E-state index in [4.69, 9.17) is 4.74 Å². The van der Waals surface area contributed by atoms with Crippen molar-refractivity contribution in [1.82, 2.24) is 20.3 Å². The average molecular weight is 433 g/mol. The predicted molar refractivity (Wildman–Crippen MR) is 115 cm³/mol. The van der Waals surface area contributed by atoms with Crippen LogP contribution in [-0.4, -0.2) is 50.7 Å². The van der Waals surface area contributed by atoms with Gasteiger partial charge in [0.25, 0.3) is 0 Å². The number of carbonyl (C=O) groups excluding carboxylic acids is 1. The Bertz CT molecular complexity index is 767. The van der Waals surface area contributed by atoms with Crippen molar-refractivity contribution in [2.75, 3.05) is 6.54 Å². The van der Waals surface area contributed by atoms with Crippen LogP contribution in [0.4, 0.5) is 0 Å². The molecule has 1 amide bonds. The smallest absolute Gasteiger partial charge is 0.331 e. The molecule has 0 aromatic carbocycles. The van der Waals surface area contributed by atoms with Gasteiger partial charge >= 0.3 is 5.97 Å². The largest absolute Gasteiger partial charge is 0.479 e. The van der Waals surface area contributed by atoms with E-state index in [1.54, 1.807) is 4.68 Å². The number of carboxylic acid groups (broad SMARTS) is 1. The normalized spacial score (nSPS) is 27.3. The zero-order valence-electron chi connectivity index (χ0n) is 18.6. The molecule has 4 rings (SSSR count). The number of hydrogen-bond donors (Lipinski definition) is 2. The van der Waals surface area contributed by atoms with Crippen LogP contribution in [0.3, 0.4) is 0 Å². The van der Waals surface area contributed by atoms with E-state index in [-0.39, 0.29) is 17.9 Å². The molecular formula is C23H36N4O4. The summed E-state index contributed by atoms with van der Waals surface area (Å²) in [5.74, 6) is -0.177. The maximum absolute atomic E-state index is 12.6. The van der Waals surface area contributed by atoms with E-state index in [0.717, 1.165) is 44.2 Å². The highest BCUT2D eigenvalue weighted by Gasteiger charge is 2.53. The summed E-state index contributed by atoms with van der Waals surface area (Å²) in [7, 11) is 0. The van der Waals surface area contributed by atoms with Gasteiger partial charge in [-0.1, -0.05) is 37.3 Å². The summed E-state index contributed by atoms with van der Waals surface area (Å²) in [6.45, 7) is 2.51. The highest BCUT2D eigenvalue weighted by atomic mass is 16.5. The van der Waals surface area contributed by atoms with Gasteiger partial charge in [0.2, 0.25) is 5.91 Å². The molecule has 1 aromatic rings. The van der Waals surface area contributed by atoms with Gasteiger partial charge < -0.3 is 15.2 Å². The standard InChI is InChI=1S/C23H36N4O4/c1-16(31-19-9-4-2-3-5-10-19)21(28)24-14-17-7-6-8-18(13-17)20-15-27(26-25-20)23(11-12-23)22(29)30/h15-19H,2-14H2,1H3,(H,24,28)(H,29,30)/t16?,17-,18+/m1/s1. The lowest BCUT2D eigenvalue weighted by atomic mass is 9.80. The number of aliphatic carboxylic acids is 1. The van der Waals surface area contributed by atoms with Gasteiger partial charge in [0.15, 0.2) is 5.54 Å². The van der Waals surface area contributed by atoms with Gasteiger partial charge in [0.1, 0.15) is 6.10 Å². The number of nitrogens with zero attached hydrogens (tertiary/aromatic N) is 3. The molecule has 8 nitrogen and oxygen atoms in total. The van der Waals surface area contributed by atoms with E-state index in [2.05, 4.69) is 15.6 Å². The van der Waals surface area contributed by atoms with Crippen LogP contribution < -0.4 is 5.32 Å². The third-order valence-electron chi connectivity index (χ3n) is 7.41. The van der Waals surface area contributed by atoms with Gasteiger partial charge in [0, 0.05) is 12.5 Å². The van der Waals surface area contributed by atoms with E-state index in [0.29, 0.717) is 25.3 Å². The van der Waals surface area contributed by atoms with Gasteiger partial charge in [-0.05, 0) is 57.8 Å². The van der Waals surface area contributed by atoms with Gasteiger partial charge in [0.05, 0.1) is 18.0 Å². The quantitative estimate of drug-likeness (QED) is 0.610. The second kappa shape index (κ2) is 9.67. The number of rotatable bonds is 8. The van der Waals surface area contributed by atoms with Crippen molar-refractivity contribution in [1.29, 1.82) is 0 Å². The third-order valence-corrected chi connectivity index (χ3v) is 7.41. The maximum Gasteiger partial charge on any atom is 0.331 e. The Morgan fingerprint density at radius 3 is 2.61 bits per heavy atom. The third kappa shape index (κ3) is 5.27. The Balaban J connectivity index is 1.25. The minimum absolute atomic E-state index is 0.0190. The summed E-state index contributed by atoms with van der Waals surface area (Å²) in [6, 6.07) is 0. The van der Waals surface area contributed by atoms with Crippen molar-refractivity contribution >= 4 is 11.9 Å². The number of hydrogen-bond acceptors (Lipinski definition) is 5. The fourth-order valence-corrected chi connectivity index (χ4v) is 5.19. The monoisotopic (exact) mass is 432 g/mol. The van der Waals surface area contributed by atoms with E-state index in [9.17, 15) is 14.7 Å². The molecule has 0 spiro atoms. The van der Waals surface area contributed by atoms with Crippen LogP contribution in [-0.2, 0) is 19.9 Å². The summed E-state index contributed by atoms with van der Waals surface area (Å²) in [5.41, 5.74) is 0.00875. The van der Waals surface area contributed by atoms with Crippen molar-refractivity contribution in [3.8, 4) is 0 Å². The Morgan fingerprint density at radius 1 is 1.19 bits per heavy atom. The molecule has 31 heavy (non-hydrogen) atoms. The fraction of sp³-hybridized carbons (Fsp3) is 0.826. The molecule has 0 aliphatic heterocycles. The molecule has 1 unspecified atom stereocenters. The molecule has 172 valence electrons. The first-order valence-electron chi connectivity index (χ1n) is 12.1. The molecule has 1 heterocycles. The molecule has 1 aromatic heterocycles. The Labute approximate surface area is 184 Å². The summed E-state index contributed by atoms with van der Waals surface area (Å²) in [5, 5.41) is 21.0. The van der Waals surface area contributed by atoms with E-state index in [1.807, 2.05) is 13.1 Å². The fourth-order valence-electron chi connectivity index (χ4n) is 5.19. The van der Waals surface area contributed by atoms with Gasteiger partial charge in [-0.15, -0.1) is 5.10 Å². The SMILES string of the molecule is CC(OC1CCCCCC1)C(=O)NC[C@@H]1CCC[C@H](c2cn(C3(C(=O)O)CC3)nn2)C1. The average Bonchev–Trinajstić information content (AvgIpc) is 3.50. The second-order valence-electron chi connectivity index (χ2n) is 9.79. The summed E-state index contributed by atoms with van der Waals surface area (Å²) in [4.78, 5) is 24.1. The number of amides is 1. The number of carbonyl (C=O) groups is 2. The lowest BCUT2D eigenvalue weighted by Crippen LogP contribution is -2.39. The lowest BCUT2D eigenvalue weighted by Gasteiger charge is -2.28. The summed E-state index contributed by atoms with van der Waals surface area (Å²) in [6.07, 6.45) is 14.1. The molecule has 3 fully saturated rings. The maximum atomic E-state index is 12.6. The molecule has 3 atom stereocenters. The minimum atomic E-state index is -0.874. The second-order valence-corrected chi connectivity index (χ2v) is 9.79. The molecule has 0 bridgehead atoms. The topological polar surface area (TPSA) is 106 Å². The van der Waals surface area contributed by atoms with Crippen molar-refractivity contribution in [3.63, 3.8) is 0 Å². The van der Waals surface area contributed by atoms with Crippen LogP contribution in [0.1, 0.15) is 95.6 Å². The van der Waals surface area contributed by atoms with E-state index < -0.39 is 17.6 Å². The van der Waals surface area contributed by atoms with Crippen LogP contribution in [0.25, 0.3) is 0 Å². The van der Waals surface area contributed by atoms with E-state index in [1.165, 1.54) is 25.7 Å². The molecule has 3 aliphatic carbocycles. The summed E-state index contributed by atoms with van der Waals surface area (Å²) >= 11 is 0. The molecule has 3 aliphatic rings. The number of nitrogens with one attached hydrogen (secondary N) is 1. The highest BCUT2D eigenvalue weighted by Crippen LogP contribution is 2.44. The minimum Gasteiger partial charge on any atom is -0.479 e. The van der Waals surface area contributed by atoms with Gasteiger partial charge in [-0.25, -0.2) is 9.48 Å². The van der Waals surface area contributed by atoms with Crippen LogP contribution in [0, 0.1) is 5.92 Å². The number of ether oxygens (including phenoxy) is 1. The first kappa shape index (κ1) is 22.2. The van der Waals surface area contributed by atoms with Crippen LogP contribution >= 0.6 is 0 Å². The van der Waals surface area contributed by atoms with Crippen LogP contribution in [0.2, 0.25) is 0 Å². The summed E-state index contributed by atoms with van der Waals surface area (Å²) < 4.78 is 7.59. The van der Waals surface area contributed by atoms with Crippen molar-refractivity contribution in [2.24, 2.45) is 5.92 Å². The highest BCUT2D eigenvalue weighted by molar-refractivity contribution is 5.80. The Hall–Kier alpha value is -1.96. The Kier molecular flexibility index (Phi) is 6.94. The van der Waals surface area contributed by atoms with Crippen molar-refractivity contribution in [2.45, 2.75) is 108 Å². The molecule has 0 radical (unpaired) electrons. The predicted octanol–water partition coefficient (Wildman–Crippen LogP) is 3.37. The number of aromatic nitrogens is 3. The molecule has 2 N–H and O–H groups in total. The van der Waals surface area contributed by atoms with Gasteiger partial charge in [-0.3, -0.25) is 4.79 Å². The van der Waals surface area contributed by atoms with Crippen LogP contribution in [0.5, 0.6) is 0 Å². The Morgan fingerprint density at radius 2 is 1.94 bits per heavy atom. The van der Waals surface area contributed by atoms with Crippen LogP contribution in [0.15, 0.2) is 6.20 Å². The van der Waals surface area contributed by atoms with Crippen molar-refractivity contribution in [3.05, 3.63) is 11.9 Å². The van der Waals surface area contributed by atoms with Crippen molar-refractivity contribution < 1.29 is 19.4 Å². The first-order valence-corrected chi connectivity index (χ1v) is 12.1. The van der Waals surface area contributed by atoms with Gasteiger partial charge in [-0.2, -0.15) is 0 Å².